The molecular weight excluding hydrogens is 274 g/mol. The minimum Gasteiger partial charge on any atom is -0.355 e. The lowest BCUT2D eigenvalue weighted by molar-refractivity contribution is 0.178. The Labute approximate surface area is 137 Å². The number of hydrogen-bond donors (Lipinski definition) is 2. The quantitative estimate of drug-likeness (QED) is 0.476. The minimum atomic E-state index is 0.577. The van der Waals surface area contributed by atoms with Crippen molar-refractivity contribution in [2.24, 2.45) is 4.99 Å². The molecule has 130 valence electrons. The van der Waals surface area contributed by atoms with E-state index in [1.165, 1.54) is 12.8 Å². The summed E-state index contributed by atoms with van der Waals surface area (Å²) in [6.45, 7) is 16.4. The SMILES string of the molecule is CCN(CCNC(=NC)NCCN(C(C)C)C(C)C)C1CC1. The van der Waals surface area contributed by atoms with Crippen LogP contribution in [0.15, 0.2) is 4.99 Å². The molecule has 1 aliphatic carbocycles. The number of likely N-dealkylation sites (N-methyl/N-ethyl adjacent to an activating group) is 1. The Bertz CT molecular complexity index is 315. The molecule has 5 heteroatoms. The van der Waals surface area contributed by atoms with E-state index in [4.69, 9.17) is 0 Å². The van der Waals surface area contributed by atoms with Crippen molar-refractivity contribution < 1.29 is 0 Å². The van der Waals surface area contributed by atoms with Crippen LogP contribution in [-0.2, 0) is 0 Å². The van der Waals surface area contributed by atoms with Gasteiger partial charge in [0.05, 0.1) is 0 Å². The first-order valence-electron chi connectivity index (χ1n) is 8.93. The van der Waals surface area contributed by atoms with E-state index in [1.807, 2.05) is 7.05 Å². The summed E-state index contributed by atoms with van der Waals surface area (Å²) in [5.41, 5.74) is 0. The lowest BCUT2D eigenvalue weighted by Crippen LogP contribution is -2.46. The van der Waals surface area contributed by atoms with Gasteiger partial charge in [-0.15, -0.1) is 0 Å². The molecular formula is C17H37N5. The van der Waals surface area contributed by atoms with Crippen LogP contribution in [0.1, 0.15) is 47.5 Å². The minimum absolute atomic E-state index is 0.577. The summed E-state index contributed by atoms with van der Waals surface area (Å²) in [6.07, 6.45) is 2.75. The second-order valence-electron chi connectivity index (χ2n) is 6.71. The maximum absolute atomic E-state index is 4.32. The molecule has 0 saturated heterocycles. The highest BCUT2D eigenvalue weighted by molar-refractivity contribution is 5.79. The topological polar surface area (TPSA) is 42.9 Å². The fourth-order valence-electron chi connectivity index (χ4n) is 2.99. The highest BCUT2D eigenvalue weighted by Gasteiger charge is 2.27. The van der Waals surface area contributed by atoms with Crippen molar-refractivity contribution in [3.8, 4) is 0 Å². The van der Waals surface area contributed by atoms with Gasteiger partial charge in [0.25, 0.3) is 0 Å². The molecule has 1 fully saturated rings. The van der Waals surface area contributed by atoms with Crippen LogP contribution in [-0.4, -0.2) is 73.7 Å². The molecule has 0 unspecified atom stereocenters. The van der Waals surface area contributed by atoms with Crippen LogP contribution in [0.5, 0.6) is 0 Å². The first kappa shape index (κ1) is 19.2. The summed E-state index contributed by atoms with van der Waals surface area (Å²) in [7, 11) is 1.84. The third-order valence-electron chi connectivity index (χ3n) is 4.37. The number of rotatable bonds is 10. The van der Waals surface area contributed by atoms with Crippen molar-refractivity contribution in [3.63, 3.8) is 0 Å². The van der Waals surface area contributed by atoms with Crippen LogP contribution in [0.2, 0.25) is 0 Å². The van der Waals surface area contributed by atoms with E-state index in [-0.39, 0.29) is 0 Å². The predicted molar refractivity (Wildman–Crippen MR) is 96.6 cm³/mol. The van der Waals surface area contributed by atoms with Gasteiger partial charge in [0, 0.05) is 51.4 Å². The molecule has 0 aromatic rings. The van der Waals surface area contributed by atoms with Gasteiger partial charge >= 0.3 is 0 Å². The molecule has 0 atom stereocenters. The van der Waals surface area contributed by atoms with Crippen molar-refractivity contribution >= 4 is 5.96 Å². The molecule has 0 aromatic heterocycles. The monoisotopic (exact) mass is 311 g/mol. The standard InChI is InChI=1S/C17H37N5/c1-7-21(16-8-9-16)12-10-19-17(18-6)20-11-13-22(14(2)3)15(4)5/h14-16H,7-13H2,1-6H3,(H2,18,19,20). The molecule has 0 amide bonds. The van der Waals surface area contributed by atoms with Crippen molar-refractivity contribution in [2.75, 3.05) is 39.8 Å². The normalized spacial score (nSPS) is 16.2. The van der Waals surface area contributed by atoms with Gasteiger partial charge in [0.1, 0.15) is 0 Å². The van der Waals surface area contributed by atoms with Crippen LogP contribution >= 0.6 is 0 Å². The number of aliphatic imine (C=N–C) groups is 1. The van der Waals surface area contributed by atoms with Crippen LogP contribution in [0, 0.1) is 0 Å². The highest BCUT2D eigenvalue weighted by atomic mass is 15.2. The fourth-order valence-corrected chi connectivity index (χ4v) is 2.99. The first-order chi connectivity index (χ1) is 10.5. The molecule has 0 aliphatic heterocycles. The fraction of sp³-hybridized carbons (Fsp3) is 0.941. The number of hydrogen-bond acceptors (Lipinski definition) is 3. The summed E-state index contributed by atoms with van der Waals surface area (Å²) in [6, 6.07) is 1.99. The summed E-state index contributed by atoms with van der Waals surface area (Å²) in [5, 5.41) is 6.85. The Balaban J connectivity index is 2.21. The van der Waals surface area contributed by atoms with Gasteiger partial charge in [0.2, 0.25) is 0 Å². The van der Waals surface area contributed by atoms with Crippen LogP contribution < -0.4 is 10.6 Å². The van der Waals surface area contributed by atoms with Crippen LogP contribution in [0.25, 0.3) is 0 Å². The molecule has 0 aromatic carbocycles. The summed E-state index contributed by atoms with van der Waals surface area (Å²) < 4.78 is 0. The molecule has 0 bridgehead atoms. The maximum atomic E-state index is 4.32. The van der Waals surface area contributed by atoms with Gasteiger partial charge in [-0.05, 0) is 47.1 Å². The van der Waals surface area contributed by atoms with Gasteiger partial charge < -0.3 is 10.6 Å². The third kappa shape index (κ3) is 6.97. The summed E-state index contributed by atoms with van der Waals surface area (Å²) in [5.74, 6) is 0.916. The van der Waals surface area contributed by atoms with E-state index < -0.39 is 0 Å². The predicted octanol–water partition coefficient (Wildman–Crippen LogP) is 1.75. The van der Waals surface area contributed by atoms with Gasteiger partial charge in [-0.1, -0.05) is 6.92 Å². The second kappa shape index (κ2) is 10.1. The molecule has 1 rings (SSSR count). The molecule has 5 nitrogen and oxygen atoms in total. The Hall–Kier alpha value is -0.810. The lowest BCUT2D eigenvalue weighted by Gasteiger charge is -2.30. The highest BCUT2D eigenvalue weighted by Crippen LogP contribution is 2.25. The van der Waals surface area contributed by atoms with Crippen LogP contribution in [0.4, 0.5) is 0 Å². The van der Waals surface area contributed by atoms with Gasteiger partial charge in [-0.25, -0.2) is 0 Å². The zero-order valence-corrected chi connectivity index (χ0v) is 15.5. The summed E-state index contributed by atoms with van der Waals surface area (Å²) >= 11 is 0. The van der Waals surface area contributed by atoms with Crippen molar-refractivity contribution in [1.29, 1.82) is 0 Å². The molecule has 2 N–H and O–H groups in total. The first-order valence-corrected chi connectivity index (χ1v) is 8.93. The van der Waals surface area contributed by atoms with E-state index in [2.05, 4.69) is 60.0 Å². The van der Waals surface area contributed by atoms with E-state index in [9.17, 15) is 0 Å². The Morgan fingerprint density at radius 2 is 1.59 bits per heavy atom. The Kier molecular flexibility index (Phi) is 8.79. The Morgan fingerprint density at radius 1 is 1.05 bits per heavy atom. The zero-order valence-electron chi connectivity index (χ0n) is 15.5. The van der Waals surface area contributed by atoms with E-state index in [1.54, 1.807) is 0 Å². The third-order valence-corrected chi connectivity index (χ3v) is 4.37. The van der Waals surface area contributed by atoms with Crippen molar-refractivity contribution in [3.05, 3.63) is 0 Å². The number of guanidine groups is 1. The number of nitrogens with one attached hydrogen (secondary N) is 2. The molecule has 0 heterocycles. The number of nitrogens with zero attached hydrogens (tertiary/aromatic N) is 3. The van der Waals surface area contributed by atoms with Crippen LogP contribution in [0.3, 0.4) is 0 Å². The maximum Gasteiger partial charge on any atom is 0.191 e. The molecule has 1 aliphatic rings. The van der Waals surface area contributed by atoms with Gasteiger partial charge in [0.15, 0.2) is 5.96 Å². The van der Waals surface area contributed by atoms with E-state index in [0.29, 0.717) is 12.1 Å². The summed E-state index contributed by atoms with van der Waals surface area (Å²) in [4.78, 5) is 9.36. The second-order valence-corrected chi connectivity index (χ2v) is 6.71. The molecule has 0 spiro atoms. The average Bonchev–Trinajstić information content (AvgIpc) is 3.29. The lowest BCUT2D eigenvalue weighted by atomic mass is 10.2. The van der Waals surface area contributed by atoms with Gasteiger partial charge in [-0.2, -0.15) is 0 Å². The van der Waals surface area contributed by atoms with Gasteiger partial charge in [-0.3, -0.25) is 14.8 Å². The molecule has 1 saturated carbocycles. The zero-order chi connectivity index (χ0) is 16.5. The van der Waals surface area contributed by atoms with E-state index >= 15 is 0 Å². The molecule has 0 radical (unpaired) electrons. The average molecular weight is 312 g/mol. The Morgan fingerprint density at radius 3 is 2.00 bits per heavy atom. The largest absolute Gasteiger partial charge is 0.355 e. The van der Waals surface area contributed by atoms with Crippen molar-refractivity contribution in [1.82, 2.24) is 20.4 Å². The smallest absolute Gasteiger partial charge is 0.191 e. The van der Waals surface area contributed by atoms with E-state index in [0.717, 1.165) is 44.7 Å². The van der Waals surface area contributed by atoms with Crippen molar-refractivity contribution in [2.45, 2.75) is 65.6 Å². The molecule has 22 heavy (non-hydrogen) atoms.